The zero-order valence-electron chi connectivity index (χ0n) is 11.4. The molecule has 0 aliphatic heterocycles. The molecule has 0 saturated carbocycles. The fourth-order valence-electron chi connectivity index (χ4n) is 2.80. The maximum Gasteiger partial charge on any atom is 0.331 e. The summed E-state index contributed by atoms with van der Waals surface area (Å²) in [4.78, 5) is 11.7. The molecule has 0 aliphatic carbocycles. The molecule has 4 rings (SSSR count). The van der Waals surface area contributed by atoms with Crippen LogP contribution in [-0.2, 0) is 9.53 Å². The van der Waals surface area contributed by atoms with Crippen molar-refractivity contribution in [1.82, 2.24) is 9.61 Å². The van der Waals surface area contributed by atoms with Gasteiger partial charge in [0.25, 0.3) is 0 Å². The van der Waals surface area contributed by atoms with Crippen molar-refractivity contribution < 1.29 is 9.53 Å². The topological polar surface area (TPSA) is 43.6 Å². The zero-order chi connectivity index (χ0) is 14.4. The van der Waals surface area contributed by atoms with Gasteiger partial charge in [-0.15, -0.1) is 0 Å². The van der Waals surface area contributed by atoms with Gasteiger partial charge in [-0.2, -0.15) is 5.10 Å². The zero-order valence-corrected chi connectivity index (χ0v) is 11.4. The number of ether oxygens (including phenoxy) is 1. The summed E-state index contributed by atoms with van der Waals surface area (Å²) < 4.78 is 6.68. The van der Waals surface area contributed by atoms with Gasteiger partial charge in [-0.25, -0.2) is 9.31 Å². The molecule has 0 saturated heterocycles. The van der Waals surface area contributed by atoms with Crippen molar-refractivity contribution in [2.75, 3.05) is 7.11 Å². The summed E-state index contributed by atoms with van der Waals surface area (Å²) in [5.41, 5.74) is 2.84. The van der Waals surface area contributed by atoms with Crippen molar-refractivity contribution in [1.29, 1.82) is 0 Å². The molecule has 0 fully saturated rings. The van der Waals surface area contributed by atoms with Crippen molar-refractivity contribution in [2.45, 2.75) is 0 Å². The first-order valence-electron chi connectivity index (χ1n) is 6.67. The van der Waals surface area contributed by atoms with Gasteiger partial charge in [-0.3, -0.25) is 0 Å². The van der Waals surface area contributed by atoms with E-state index in [2.05, 4.69) is 5.10 Å². The quantitative estimate of drug-likeness (QED) is 0.501. The molecule has 0 atom stereocenters. The first-order valence-corrected chi connectivity index (χ1v) is 6.67. The second kappa shape index (κ2) is 4.31. The molecule has 0 N–H and O–H groups in total. The molecule has 2 aromatic carbocycles. The lowest BCUT2D eigenvalue weighted by atomic mass is 10.1. The number of methoxy groups -OCH3 is 1. The fraction of sp³-hybridized carbons (Fsp3) is 0.0588. The maximum atomic E-state index is 11.7. The SMILES string of the molecule is COC(=O)/C=c1/c2ccccc2n2nc3ccccc3c12. The average molecular weight is 276 g/mol. The number of fused-ring (bicyclic) bond motifs is 5. The molecule has 2 heterocycles. The molecular weight excluding hydrogens is 264 g/mol. The summed E-state index contributed by atoms with van der Waals surface area (Å²) in [5, 5.41) is 7.52. The summed E-state index contributed by atoms with van der Waals surface area (Å²) in [5.74, 6) is -0.362. The van der Waals surface area contributed by atoms with E-state index in [0.717, 1.165) is 32.5 Å². The fourth-order valence-corrected chi connectivity index (χ4v) is 2.80. The highest BCUT2D eigenvalue weighted by molar-refractivity contribution is 6.09. The first kappa shape index (κ1) is 11.9. The molecule has 0 aliphatic rings. The lowest BCUT2D eigenvalue weighted by molar-refractivity contribution is -0.133. The minimum absolute atomic E-state index is 0.362. The Morgan fingerprint density at radius 2 is 1.81 bits per heavy atom. The van der Waals surface area contributed by atoms with E-state index < -0.39 is 0 Å². The van der Waals surface area contributed by atoms with E-state index in [-0.39, 0.29) is 5.97 Å². The van der Waals surface area contributed by atoms with Crippen LogP contribution in [0.2, 0.25) is 0 Å². The Hall–Kier alpha value is -2.88. The second-order valence-corrected chi connectivity index (χ2v) is 4.88. The molecule has 0 radical (unpaired) electrons. The molecule has 102 valence electrons. The number of benzene rings is 2. The van der Waals surface area contributed by atoms with Gasteiger partial charge in [0.05, 0.1) is 23.7 Å². The van der Waals surface area contributed by atoms with Gasteiger partial charge in [-0.05, 0) is 12.1 Å². The largest absolute Gasteiger partial charge is 0.466 e. The van der Waals surface area contributed by atoms with Crippen LogP contribution in [0.1, 0.15) is 0 Å². The summed E-state index contributed by atoms with van der Waals surface area (Å²) in [6, 6.07) is 15.8. The van der Waals surface area contributed by atoms with Crippen LogP contribution in [0.5, 0.6) is 0 Å². The van der Waals surface area contributed by atoms with E-state index in [1.807, 2.05) is 53.0 Å². The van der Waals surface area contributed by atoms with Gasteiger partial charge in [0.2, 0.25) is 0 Å². The highest BCUT2D eigenvalue weighted by atomic mass is 16.5. The van der Waals surface area contributed by atoms with E-state index in [1.54, 1.807) is 0 Å². The van der Waals surface area contributed by atoms with Crippen LogP contribution in [0, 0.1) is 0 Å². The molecule has 4 aromatic rings. The van der Waals surface area contributed by atoms with Crippen LogP contribution in [0.15, 0.2) is 48.5 Å². The lowest BCUT2D eigenvalue weighted by Crippen LogP contribution is -2.05. The molecule has 4 heteroatoms. The summed E-state index contributed by atoms with van der Waals surface area (Å²) in [6.07, 6.45) is 1.53. The van der Waals surface area contributed by atoms with Crippen molar-refractivity contribution >= 4 is 39.4 Å². The van der Waals surface area contributed by atoms with Gasteiger partial charge < -0.3 is 4.74 Å². The summed E-state index contributed by atoms with van der Waals surface area (Å²) in [7, 11) is 1.38. The van der Waals surface area contributed by atoms with Crippen LogP contribution in [0.25, 0.3) is 33.4 Å². The number of esters is 1. The highest BCUT2D eigenvalue weighted by Gasteiger charge is 2.13. The first-order chi connectivity index (χ1) is 10.3. The third-order valence-electron chi connectivity index (χ3n) is 3.72. The number of hydrogen-bond acceptors (Lipinski definition) is 3. The number of rotatable bonds is 1. The van der Waals surface area contributed by atoms with Crippen LogP contribution in [0.3, 0.4) is 0 Å². The maximum absolute atomic E-state index is 11.7. The average Bonchev–Trinajstić information content (AvgIpc) is 3.04. The Balaban J connectivity index is 2.31. The van der Waals surface area contributed by atoms with Gasteiger partial charge >= 0.3 is 5.97 Å². The van der Waals surface area contributed by atoms with E-state index >= 15 is 0 Å². The van der Waals surface area contributed by atoms with Gasteiger partial charge in [0, 0.05) is 22.1 Å². The summed E-state index contributed by atoms with van der Waals surface area (Å²) >= 11 is 0. The number of para-hydroxylation sites is 1. The molecule has 2 aromatic heterocycles. The van der Waals surface area contributed by atoms with Crippen LogP contribution < -0.4 is 5.22 Å². The minimum atomic E-state index is -0.362. The van der Waals surface area contributed by atoms with E-state index in [4.69, 9.17) is 4.74 Å². The Kier molecular flexibility index (Phi) is 2.44. The standard InChI is InChI=1S/C17H12N2O2/c1-21-16(20)10-13-11-6-3-5-9-15(11)19-17(13)12-7-2-4-8-14(12)18-19/h2-10H,1H3/b13-10-. The molecule has 0 unspecified atom stereocenters. The third kappa shape index (κ3) is 1.62. The monoisotopic (exact) mass is 276 g/mol. The predicted molar refractivity (Wildman–Crippen MR) is 81.9 cm³/mol. The van der Waals surface area contributed by atoms with Crippen LogP contribution in [-0.4, -0.2) is 22.7 Å². The molecule has 0 spiro atoms. The van der Waals surface area contributed by atoms with E-state index in [9.17, 15) is 4.79 Å². The van der Waals surface area contributed by atoms with Gasteiger partial charge in [0.1, 0.15) is 0 Å². The molecule has 0 amide bonds. The Bertz CT molecular complexity index is 1040. The highest BCUT2D eigenvalue weighted by Crippen LogP contribution is 2.22. The summed E-state index contributed by atoms with van der Waals surface area (Å²) in [6.45, 7) is 0. The smallest absolute Gasteiger partial charge is 0.331 e. The van der Waals surface area contributed by atoms with Crippen molar-refractivity contribution in [3.8, 4) is 0 Å². The Morgan fingerprint density at radius 3 is 2.62 bits per heavy atom. The number of hydrogen-bond donors (Lipinski definition) is 0. The molecular formula is C17H12N2O2. The predicted octanol–water partition coefficient (Wildman–Crippen LogP) is 2.31. The Labute approximate surface area is 120 Å². The van der Waals surface area contributed by atoms with Gasteiger partial charge in [-0.1, -0.05) is 36.4 Å². The van der Waals surface area contributed by atoms with E-state index in [0.29, 0.717) is 0 Å². The lowest BCUT2D eigenvalue weighted by Gasteiger charge is -1.91. The number of aromatic nitrogens is 2. The van der Waals surface area contributed by atoms with Crippen LogP contribution in [0.4, 0.5) is 0 Å². The van der Waals surface area contributed by atoms with E-state index in [1.165, 1.54) is 13.2 Å². The molecule has 0 bridgehead atoms. The minimum Gasteiger partial charge on any atom is -0.466 e. The molecule has 21 heavy (non-hydrogen) atoms. The number of nitrogens with zero attached hydrogens (tertiary/aromatic N) is 2. The Morgan fingerprint density at radius 1 is 1.10 bits per heavy atom. The number of carbonyl (C=O) groups excluding carboxylic acids is 1. The van der Waals surface area contributed by atoms with Crippen molar-refractivity contribution in [3.63, 3.8) is 0 Å². The van der Waals surface area contributed by atoms with Gasteiger partial charge in [0.15, 0.2) is 0 Å². The third-order valence-corrected chi connectivity index (χ3v) is 3.72. The van der Waals surface area contributed by atoms with Crippen molar-refractivity contribution in [3.05, 3.63) is 53.7 Å². The number of carbonyl (C=O) groups is 1. The normalized spacial score (nSPS) is 12.5. The second-order valence-electron chi connectivity index (χ2n) is 4.88. The molecule has 4 nitrogen and oxygen atoms in total. The van der Waals surface area contributed by atoms with Crippen LogP contribution >= 0.6 is 0 Å². The van der Waals surface area contributed by atoms with Crippen molar-refractivity contribution in [2.24, 2.45) is 0 Å².